The number of ether oxygens (including phenoxy) is 1. The van der Waals surface area contributed by atoms with E-state index in [0.29, 0.717) is 5.82 Å². The molecule has 0 aliphatic carbocycles. The highest BCUT2D eigenvalue weighted by molar-refractivity contribution is 5.82. The lowest BCUT2D eigenvalue weighted by Gasteiger charge is -2.08. The van der Waals surface area contributed by atoms with E-state index >= 15 is 0 Å². The molecular weight excluding hydrogens is 314 g/mol. The Labute approximate surface area is 145 Å². The minimum Gasteiger partial charge on any atom is -0.497 e. The van der Waals surface area contributed by atoms with Crippen molar-refractivity contribution in [1.82, 2.24) is 19.7 Å². The van der Waals surface area contributed by atoms with E-state index < -0.39 is 0 Å². The van der Waals surface area contributed by atoms with Crippen molar-refractivity contribution in [3.05, 3.63) is 66.6 Å². The molecule has 4 rings (SSSR count). The summed E-state index contributed by atoms with van der Waals surface area (Å²) >= 11 is 0. The van der Waals surface area contributed by atoms with Gasteiger partial charge in [0.15, 0.2) is 5.82 Å². The summed E-state index contributed by atoms with van der Waals surface area (Å²) in [7, 11) is 1.66. The lowest BCUT2D eigenvalue weighted by atomic mass is 10.2. The quantitative estimate of drug-likeness (QED) is 0.615. The first kappa shape index (κ1) is 15.1. The summed E-state index contributed by atoms with van der Waals surface area (Å²) in [5.41, 5.74) is 4.73. The molecule has 0 aliphatic rings. The van der Waals surface area contributed by atoms with Crippen LogP contribution in [0.15, 0.2) is 60.9 Å². The van der Waals surface area contributed by atoms with Crippen molar-refractivity contribution in [1.29, 1.82) is 0 Å². The summed E-state index contributed by atoms with van der Waals surface area (Å²) in [5.74, 6) is 1.52. The number of nitrogens with zero attached hydrogens (tertiary/aromatic N) is 4. The monoisotopic (exact) mass is 331 g/mol. The molecule has 4 aromatic rings. The van der Waals surface area contributed by atoms with Crippen LogP contribution in [0.4, 0.5) is 11.5 Å². The van der Waals surface area contributed by atoms with E-state index in [0.717, 1.165) is 33.9 Å². The third-order valence-electron chi connectivity index (χ3n) is 3.95. The maximum atomic E-state index is 5.30. The molecule has 0 saturated carbocycles. The maximum absolute atomic E-state index is 5.30. The fourth-order valence-corrected chi connectivity index (χ4v) is 2.67. The fourth-order valence-electron chi connectivity index (χ4n) is 2.67. The SMILES string of the molecule is COc1cccc(-n2cnc3cc(Nc4ccc(C)nn4)ccc32)c1. The second kappa shape index (κ2) is 6.24. The number of hydrogen-bond donors (Lipinski definition) is 1. The van der Waals surface area contributed by atoms with Crippen LogP contribution in [0, 0.1) is 6.92 Å². The Kier molecular flexibility index (Phi) is 3.78. The molecule has 124 valence electrons. The van der Waals surface area contributed by atoms with Gasteiger partial charge in [-0.2, -0.15) is 5.10 Å². The van der Waals surface area contributed by atoms with E-state index in [2.05, 4.69) is 20.5 Å². The summed E-state index contributed by atoms with van der Waals surface area (Å²) in [5, 5.41) is 11.4. The van der Waals surface area contributed by atoms with Crippen LogP contribution in [0.2, 0.25) is 0 Å². The van der Waals surface area contributed by atoms with Crippen molar-refractivity contribution >= 4 is 22.5 Å². The smallest absolute Gasteiger partial charge is 0.153 e. The predicted octanol–water partition coefficient (Wildman–Crippen LogP) is 3.88. The third kappa shape index (κ3) is 3.01. The molecule has 0 unspecified atom stereocenters. The largest absolute Gasteiger partial charge is 0.497 e. The average Bonchev–Trinajstić information content (AvgIpc) is 3.07. The highest BCUT2D eigenvalue weighted by atomic mass is 16.5. The molecule has 0 aliphatic heterocycles. The first-order chi connectivity index (χ1) is 12.2. The third-order valence-corrected chi connectivity index (χ3v) is 3.95. The topological polar surface area (TPSA) is 64.9 Å². The summed E-state index contributed by atoms with van der Waals surface area (Å²) in [6, 6.07) is 17.8. The predicted molar refractivity (Wildman–Crippen MR) is 97.7 cm³/mol. The van der Waals surface area contributed by atoms with Crippen LogP contribution in [0.3, 0.4) is 0 Å². The van der Waals surface area contributed by atoms with Gasteiger partial charge >= 0.3 is 0 Å². The molecule has 2 heterocycles. The van der Waals surface area contributed by atoms with Crippen LogP contribution >= 0.6 is 0 Å². The van der Waals surface area contributed by atoms with Crippen LogP contribution in [0.1, 0.15) is 5.69 Å². The van der Waals surface area contributed by atoms with Crippen molar-refractivity contribution < 1.29 is 4.74 Å². The van der Waals surface area contributed by atoms with Crippen LogP contribution in [-0.2, 0) is 0 Å². The van der Waals surface area contributed by atoms with Crippen molar-refractivity contribution in [2.45, 2.75) is 6.92 Å². The highest BCUT2D eigenvalue weighted by Gasteiger charge is 2.07. The lowest BCUT2D eigenvalue weighted by Crippen LogP contribution is -1.96. The second-order valence-corrected chi connectivity index (χ2v) is 5.70. The molecule has 1 N–H and O–H groups in total. The zero-order valence-electron chi connectivity index (χ0n) is 14.0. The number of methoxy groups -OCH3 is 1. The maximum Gasteiger partial charge on any atom is 0.153 e. The second-order valence-electron chi connectivity index (χ2n) is 5.70. The first-order valence-electron chi connectivity index (χ1n) is 7.92. The highest BCUT2D eigenvalue weighted by Crippen LogP contribution is 2.24. The number of anilines is 2. The molecule has 0 spiro atoms. The van der Waals surface area contributed by atoms with Crippen LogP contribution < -0.4 is 10.1 Å². The Morgan fingerprint density at radius 3 is 2.72 bits per heavy atom. The van der Waals surface area contributed by atoms with Gasteiger partial charge in [0.1, 0.15) is 12.1 Å². The number of nitrogens with one attached hydrogen (secondary N) is 1. The Morgan fingerprint density at radius 2 is 1.92 bits per heavy atom. The number of hydrogen-bond acceptors (Lipinski definition) is 5. The van der Waals surface area contributed by atoms with Gasteiger partial charge in [-0.3, -0.25) is 4.57 Å². The van der Waals surface area contributed by atoms with E-state index in [9.17, 15) is 0 Å². The standard InChI is InChI=1S/C19H17N5O/c1-13-6-9-19(23-22-13)21-14-7-8-18-17(10-14)20-12-24(18)15-4-3-5-16(11-15)25-2/h3-12H,1-2H3,(H,21,23). The van der Waals surface area contributed by atoms with Crippen LogP contribution in [-0.4, -0.2) is 26.9 Å². The molecule has 0 fully saturated rings. The normalized spacial score (nSPS) is 10.8. The molecule has 2 aromatic carbocycles. The van der Waals surface area contributed by atoms with Crippen molar-refractivity contribution in [3.8, 4) is 11.4 Å². The summed E-state index contributed by atoms with van der Waals surface area (Å²) in [4.78, 5) is 4.51. The molecule has 6 heteroatoms. The zero-order chi connectivity index (χ0) is 17.2. The molecule has 6 nitrogen and oxygen atoms in total. The molecule has 0 amide bonds. The molecule has 0 radical (unpaired) electrons. The van der Waals surface area contributed by atoms with E-state index in [1.54, 1.807) is 7.11 Å². The van der Waals surface area contributed by atoms with Gasteiger partial charge in [0.05, 0.1) is 29.5 Å². The van der Waals surface area contributed by atoms with Gasteiger partial charge in [0.2, 0.25) is 0 Å². The fraction of sp³-hybridized carbons (Fsp3) is 0.105. The summed E-state index contributed by atoms with van der Waals surface area (Å²) in [6.07, 6.45) is 1.81. The van der Waals surface area contributed by atoms with Gasteiger partial charge in [0.25, 0.3) is 0 Å². The lowest BCUT2D eigenvalue weighted by molar-refractivity contribution is 0.414. The minimum absolute atomic E-state index is 0.706. The Hall–Kier alpha value is -3.41. The molecule has 0 saturated heterocycles. The number of rotatable bonds is 4. The van der Waals surface area contributed by atoms with Crippen molar-refractivity contribution in [2.24, 2.45) is 0 Å². The van der Waals surface area contributed by atoms with E-state index in [4.69, 9.17) is 4.74 Å². The van der Waals surface area contributed by atoms with E-state index in [1.165, 1.54) is 0 Å². The van der Waals surface area contributed by atoms with Gasteiger partial charge in [-0.15, -0.1) is 5.10 Å². The summed E-state index contributed by atoms with van der Waals surface area (Å²) in [6.45, 7) is 1.91. The van der Waals surface area contributed by atoms with Crippen molar-refractivity contribution in [2.75, 3.05) is 12.4 Å². The molecule has 0 bridgehead atoms. The molecule has 25 heavy (non-hydrogen) atoms. The first-order valence-corrected chi connectivity index (χ1v) is 7.92. The van der Waals surface area contributed by atoms with Gasteiger partial charge in [-0.05, 0) is 49.4 Å². The van der Waals surface area contributed by atoms with Gasteiger partial charge in [0, 0.05) is 11.8 Å². The average molecular weight is 331 g/mol. The Bertz CT molecular complexity index is 1020. The Morgan fingerprint density at radius 1 is 1.00 bits per heavy atom. The minimum atomic E-state index is 0.706. The number of imidazole rings is 1. The van der Waals surface area contributed by atoms with E-state index in [1.807, 2.05) is 72.4 Å². The summed E-state index contributed by atoms with van der Waals surface area (Å²) < 4.78 is 7.34. The van der Waals surface area contributed by atoms with Gasteiger partial charge in [-0.25, -0.2) is 4.98 Å². The molecule has 2 aromatic heterocycles. The van der Waals surface area contributed by atoms with Gasteiger partial charge < -0.3 is 10.1 Å². The van der Waals surface area contributed by atoms with Crippen LogP contribution in [0.5, 0.6) is 5.75 Å². The van der Waals surface area contributed by atoms with Gasteiger partial charge in [-0.1, -0.05) is 6.07 Å². The molecular formula is C19H17N5O. The number of aryl methyl sites for hydroxylation is 1. The van der Waals surface area contributed by atoms with Crippen molar-refractivity contribution in [3.63, 3.8) is 0 Å². The Balaban J connectivity index is 1.67. The number of fused-ring (bicyclic) bond motifs is 1. The van der Waals surface area contributed by atoms with Crippen LogP contribution in [0.25, 0.3) is 16.7 Å². The zero-order valence-corrected chi connectivity index (χ0v) is 14.0. The number of aromatic nitrogens is 4. The molecule has 0 atom stereocenters. The number of benzene rings is 2. The van der Waals surface area contributed by atoms with E-state index in [-0.39, 0.29) is 0 Å².